The predicted octanol–water partition coefficient (Wildman–Crippen LogP) is 2.89. The van der Waals surface area contributed by atoms with Crippen molar-refractivity contribution >= 4 is 0 Å². The lowest BCUT2D eigenvalue weighted by Crippen LogP contribution is -2.22. The van der Waals surface area contributed by atoms with Gasteiger partial charge in [-0.1, -0.05) is 0 Å². The minimum Gasteiger partial charge on any atom is -0.330 e. The van der Waals surface area contributed by atoms with E-state index in [9.17, 15) is 17.6 Å². The lowest BCUT2D eigenvalue weighted by Gasteiger charge is -2.15. The third-order valence-electron chi connectivity index (χ3n) is 3.12. The van der Waals surface area contributed by atoms with Crippen LogP contribution >= 0.6 is 0 Å². The van der Waals surface area contributed by atoms with Gasteiger partial charge in [-0.3, -0.25) is 0 Å². The summed E-state index contributed by atoms with van der Waals surface area (Å²) in [5.74, 6) is -2.28. The van der Waals surface area contributed by atoms with Crippen molar-refractivity contribution in [2.24, 2.45) is 5.73 Å². The summed E-state index contributed by atoms with van der Waals surface area (Å²) in [6, 6.07) is 1.57. The molecule has 0 aliphatic heterocycles. The Morgan fingerprint density at radius 1 is 1.25 bits per heavy atom. The maximum Gasteiger partial charge on any atom is 0.263 e. The van der Waals surface area contributed by atoms with Gasteiger partial charge >= 0.3 is 0 Å². The molecule has 0 radical (unpaired) electrons. The number of alkyl halides is 2. The van der Waals surface area contributed by atoms with Gasteiger partial charge in [-0.2, -0.15) is 0 Å². The Balaban J connectivity index is 2.52. The molecule has 1 aromatic carbocycles. The number of nitrogens with two attached hydrogens (primary N) is 1. The molecule has 0 unspecified atom stereocenters. The summed E-state index contributed by atoms with van der Waals surface area (Å²) in [5.41, 5.74) is 4.34. The average molecular weight is 233 g/mol. The fraction of sp³-hybridized carbons (Fsp3) is 0.455. The minimum absolute atomic E-state index is 0.00898. The Morgan fingerprint density at radius 3 is 2.31 bits per heavy atom. The maximum absolute atomic E-state index is 13.5. The smallest absolute Gasteiger partial charge is 0.263 e. The van der Waals surface area contributed by atoms with E-state index in [4.69, 9.17) is 5.73 Å². The van der Waals surface area contributed by atoms with E-state index in [2.05, 4.69) is 0 Å². The molecular formula is C11H11F4N. The molecule has 0 spiro atoms. The summed E-state index contributed by atoms with van der Waals surface area (Å²) in [4.78, 5) is 0. The second-order valence-electron chi connectivity index (χ2n) is 4.15. The topological polar surface area (TPSA) is 26.0 Å². The molecule has 1 nitrogen and oxygen atoms in total. The van der Waals surface area contributed by atoms with Crippen molar-refractivity contribution in [2.75, 3.05) is 6.54 Å². The summed E-state index contributed by atoms with van der Waals surface area (Å²) in [6.07, 6.45) is -1.57. The molecule has 88 valence electrons. The number of hydrogen-bond donors (Lipinski definition) is 1. The second-order valence-corrected chi connectivity index (χ2v) is 4.15. The summed E-state index contributed by atoms with van der Waals surface area (Å²) < 4.78 is 51.5. The van der Waals surface area contributed by atoms with Gasteiger partial charge in [-0.15, -0.1) is 0 Å². The Kier molecular flexibility index (Phi) is 2.66. The third kappa shape index (κ3) is 1.69. The molecule has 0 aromatic heterocycles. The Hall–Kier alpha value is -1.10. The molecule has 0 amide bonds. The van der Waals surface area contributed by atoms with Gasteiger partial charge in [0.1, 0.15) is 0 Å². The lowest BCUT2D eigenvalue weighted by molar-refractivity contribution is 0.150. The van der Waals surface area contributed by atoms with Crippen LogP contribution in [-0.4, -0.2) is 6.54 Å². The molecule has 16 heavy (non-hydrogen) atoms. The highest BCUT2D eigenvalue weighted by atomic mass is 19.3. The first kappa shape index (κ1) is 11.4. The van der Waals surface area contributed by atoms with Gasteiger partial charge in [-0.05, 0) is 30.5 Å². The van der Waals surface area contributed by atoms with Crippen LogP contribution in [0.25, 0.3) is 0 Å². The maximum atomic E-state index is 13.5. The van der Waals surface area contributed by atoms with Gasteiger partial charge in [0, 0.05) is 17.5 Å². The van der Waals surface area contributed by atoms with Crippen LogP contribution in [0.15, 0.2) is 12.1 Å². The lowest BCUT2D eigenvalue weighted by atomic mass is 9.93. The first-order valence-electron chi connectivity index (χ1n) is 4.98. The standard InChI is InChI=1S/C11H11F4N/c12-8-4-6(10(14)15)3-7(9(8)13)11(5-16)1-2-11/h3-4,10H,1-2,5,16H2. The molecule has 0 bridgehead atoms. The fourth-order valence-corrected chi connectivity index (χ4v) is 1.86. The zero-order valence-electron chi connectivity index (χ0n) is 8.44. The van der Waals surface area contributed by atoms with Crippen LogP contribution in [0, 0.1) is 11.6 Å². The van der Waals surface area contributed by atoms with Crippen LogP contribution in [0.2, 0.25) is 0 Å². The van der Waals surface area contributed by atoms with Crippen LogP contribution in [-0.2, 0) is 5.41 Å². The van der Waals surface area contributed by atoms with Crippen LogP contribution < -0.4 is 5.73 Å². The molecule has 5 heteroatoms. The summed E-state index contributed by atoms with van der Waals surface area (Å²) in [5, 5.41) is 0. The van der Waals surface area contributed by atoms with Crippen LogP contribution in [0.5, 0.6) is 0 Å². The van der Waals surface area contributed by atoms with Gasteiger partial charge in [0.05, 0.1) is 0 Å². The van der Waals surface area contributed by atoms with Gasteiger partial charge in [0.25, 0.3) is 6.43 Å². The number of benzene rings is 1. The van der Waals surface area contributed by atoms with Crippen molar-refractivity contribution in [3.63, 3.8) is 0 Å². The summed E-state index contributed by atoms with van der Waals surface area (Å²) in [6.45, 7) is 0.149. The molecule has 0 saturated heterocycles. The fourth-order valence-electron chi connectivity index (χ4n) is 1.86. The Bertz CT molecular complexity index is 413. The molecular weight excluding hydrogens is 222 g/mol. The highest BCUT2D eigenvalue weighted by Gasteiger charge is 2.45. The van der Waals surface area contributed by atoms with E-state index in [0.717, 1.165) is 6.07 Å². The number of hydrogen-bond acceptors (Lipinski definition) is 1. The Labute approximate surface area is 90.3 Å². The van der Waals surface area contributed by atoms with Crippen molar-refractivity contribution < 1.29 is 17.6 Å². The molecule has 0 atom stereocenters. The summed E-state index contributed by atoms with van der Waals surface area (Å²) in [7, 11) is 0. The third-order valence-corrected chi connectivity index (χ3v) is 3.12. The zero-order chi connectivity index (χ0) is 11.9. The van der Waals surface area contributed by atoms with Gasteiger partial charge in [-0.25, -0.2) is 17.6 Å². The van der Waals surface area contributed by atoms with E-state index >= 15 is 0 Å². The largest absolute Gasteiger partial charge is 0.330 e. The number of rotatable bonds is 3. The monoisotopic (exact) mass is 233 g/mol. The van der Waals surface area contributed by atoms with Crippen molar-refractivity contribution in [1.82, 2.24) is 0 Å². The van der Waals surface area contributed by atoms with E-state index in [1.165, 1.54) is 0 Å². The van der Waals surface area contributed by atoms with Crippen LogP contribution in [0.1, 0.15) is 30.4 Å². The predicted molar refractivity (Wildman–Crippen MR) is 51.3 cm³/mol. The minimum atomic E-state index is -2.80. The molecule has 1 saturated carbocycles. The first-order valence-corrected chi connectivity index (χ1v) is 4.98. The van der Waals surface area contributed by atoms with Gasteiger partial charge in [0.2, 0.25) is 0 Å². The molecule has 1 aliphatic carbocycles. The quantitative estimate of drug-likeness (QED) is 0.798. The van der Waals surface area contributed by atoms with Crippen LogP contribution in [0.4, 0.5) is 17.6 Å². The normalized spacial score (nSPS) is 17.9. The van der Waals surface area contributed by atoms with E-state index in [-0.39, 0.29) is 12.1 Å². The zero-order valence-corrected chi connectivity index (χ0v) is 8.44. The molecule has 0 heterocycles. The van der Waals surface area contributed by atoms with Crippen molar-refractivity contribution in [1.29, 1.82) is 0 Å². The number of halogens is 4. The van der Waals surface area contributed by atoms with Crippen molar-refractivity contribution in [2.45, 2.75) is 24.7 Å². The van der Waals surface area contributed by atoms with E-state index < -0.39 is 29.0 Å². The first-order chi connectivity index (χ1) is 7.50. The van der Waals surface area contributed by atoms with Gasteiger partial charge in [0.15, 0.2) is 11.6 Å². The van der Waals surface area contributed by atoms with Crippen LogP contribution in [0.3, 0.4) is 0 Å². The molecule has 2 rings (SSSR count). The van der Waals surface area contributed by atoms with Crippen molar-refractivity contribution in [3.05, 3.63) is 34.9 Å². The molecule has 1 fully saturated rings. The molecule has 1 aliphatic rings. The molecule has 1 aromatic rings. The van der Waals surface area contributed by atoms with Gasteiger partial charge < -0.3 is 5.73 Å². The highest BCUT2D eigenvalue weighted by molar-refractivity contribution is 5.37. The highest BCUT2D eigenvalue weighted by Crippen LogP contribution is 2.49. The SMILES string of the molecule is NCC1(c2cc(C(F)F)cc(F)c2F)CC1. The average Bonchev–Trinajstić information content (AvgIpc) is 3.02. The Morgan fingerprint density at radius 2 is 1.88 bits per heavy atom. The summed E-state index contributed by atoms with van der Waals surface area (Å²) >= 11 is 0. The van der Waals surface area contributed by atoms with E-state index in [1.807, 2.05) is 0 Å². The van der Waals surface area contributed by atoms with E-state index in [1.54, 1.807) is 0 Å². The van der Waals surface area contributed by atoms with Crippen molar-refractivity contribution in [3.8, 4) is 0 Å². The second kappa shape index (κ2) is 3.73. The molecule has 2 N–H and O–H groups in total. The van der Waals surface area contributed by atoms with E-state index in [0.29, 0.717) is 18.9 Å².